The standard InChI is InChI=1S/C10H19N3O3S/c1-4-6-11-8(5-2)10-13-12-9(16-10)7-17(3,14)15/h8,11H,4-7H2,1-3H3. The van der Waals surface area contributed by atoms with Crippen molar-refractivity contribution in [3.63, 3.8) is 0 Å². The minimum absolute atomic E-state index is 0.00393. The molecule has 6 nitrogen and oxygen atoms in total. The number of hydrogen-bond acceptors (Lipinski definition) is 6. The van der Waals surface area contributed by atoms with E-state index < -0.39 is 9.84 Å². The van der Waals surface area contributed by atoms with Crippen molar-refractivity contribution in [2.45, 2.75) is 38.5 Å². The van der Waals surface area contributed by atoms with Crippen LogP contribution in [0.4, 0.5) is 0 Å². The average Bonchev–Trinajstić information content (AvgIpc) is 2.65. The summed E-state index contributed by atoms with van der Waals surface area (Å²) in [5.41, 5.74) is 0. The number of nitrogens with one attached hydrogen (secondary N) is 1. The Kier molecular flexibility index (Phi) is 5.07. The topological polar surface area (TPSA) is 85.1 Å². The van der Waals surface area contributed by atoms with Gasteiger partial charge in [-0.3, -0.25) is 0 Å². The first-order valence-corrected chi connectivity index (χ1v) is 7.75. The molecule has 0 radical (unpaired) electrons. The van der Waals surface area contributed by atoms with E-state index in [1.54, 1.807) is 0 Å². The summed E-state index contributed by atoms with van der Waals surface area (Å²) >= 11 is 0. The molecule has 1 aromatic rings. The van der Waals surface area contributed by atoms with E-state index in [2.05, 4.69) is 22.4 Å². The van der Waals surface area contributed by atoms with E-state index in [-0.39, 0.29) is 17.7 Å². The summed E-state index contributed by atoms with van der Waals surface area (Å²) in [7, 11) is -3.13. The van der Waals surface area contributed by atoms with Crippen LogP contribution in [0.25, 0.3) is 0 Å². The maximum absolute atomic E-state index is 11.1. The molecule has 7 heteroatoms. The Morgan fingerprint density at radius 1 is 1.35 bits per heavy atom. The van der Waals surface area contributed by atoms with Crippen LogP contribution in [0.5, 0.6) is 0 Å². The van der Waals surface area contributed by atoms with Crippen molar-refractivity contribution < 1.29 is 12.8 Å². The van der Waals surface area contributed by atoms with Gasteiger partial charge in [0.05, 0.1) is 6.04 Å². The molecule has 0 aliphatic carbocycles. The summed E-state index contributed by atoms with van der Waals surface area (Å²) in [4.78, 5) is 0. The van der Waals surface area contributed by atoms with E-state index in [9.17, 15) is 8.42 Å². The van der Waals surface area contributed by atoms with Gasteiger partial charge < -0.3 is 9.73 Å². The number of nitrogens with zero attached hydrogens (tertiary/aromatic N) is 2. The molecule has 1 N–H and O–H groups in total. The maximum Gasteiger partial charge on any atom is 0.233 e. The zero-order chi connectivity index (χ0) is 12.9. The molecule has 1 aromatic heterocycles. The van der Waals surface area contributed by atoms with Gasteiger partial charge in [-0.15, -0.1) is 10.2 Å². The van der Waals surface area contributed by atoms with E-state index in [1.165, 1.54) is 0 Å². The van der Waals surface area contributed by atoms with E-state index in [0.717, 1.165) is 25.6 Å². The Hall–Kier alpha value is -0.950. The van der Waals surface area contributed by atoms with Crippen molar-refractivity contribution in [3.8, 4) is 0 Å². The molecule has 0 amide bonds. The molecule has 0 fully saturated rings. The van der Waals surface area contributed by atoms with E-state index in [0.29, 0.717) is 5.89 Å². The van der Waals surface area contributed by atoms with Gasteiger partial charge in [-0.05, 0) is 19.4 Å². The maximum atomic E-state index is 11.1. The van der Waals surface area contributed by atoms with Gasteiger partial charge >= 0.3 is 0 Å². The van der Waals surface area contributed by atoms with Crippen LogP contribution in [0.1, 0.15) is 44.5 Å². The molecule has 1 rings (SSSR count). The highest BCUT2D eigenvalue weighted by molar-refractivity contribution is 7.89. The molecule has 1 heterocycles. The van der Waals surface area contributed by atoms with Crippen LogP contribution in [-0.2, 0) is 15.6 Å². The Balaban J connectivity index is 2.71. The predicted octanol–water partition coefficient (Wildman–Crippen LogP) is 1.06. The Morgan fingerprint density at radius 3 is 2.59 bits per heavy atom. The smallest absolute Gasteiger partial charge is 0.233 e. The fraction of sp³-hybridized carbons (Fsp3) is 0.800. The molecule has 0 bridgehead atoms. The third kappa shape index (κ3) is 4.82. The van der Waals surface area contributed by atoms with Crippen molar-refractivity contribution in [1.29, 1.82) is 0 Å². The highest BCUT2D eigenvalue weighted by Crippen LogP contribution is 2.15. The van der Waals surface area contributed by atoms with E-state index >= 15 is 0 Å². The average molecular weight is 261 g/mol. The second-order valence-electron chi connectivity index (χ2n) is 4.02. The normalized spacial score (nSPS) is 13.8. The molecule has 0 saturated heterocycles. The lowest BCUT2D eigenvalue weighted by molar-refractivity contribution is 0.378. The molecular formula is C10H19N3O3S. The summed E-state index contributed by atoms with van der Waals surface area (Å²) in [5.74, 6) is 0.406. The fourth-order valence-corrected chi connectivity index (χ4v) is 1.98. The summed E-state index contributed by atoms with van der Waals surface area (Å²) in [6.45, 7) is 4.94. The van der Waals surface area contributed by atoms with Crippen LogP contribution >= 0.6 is 0 Å². The van der Waals surface area contributed by atoms with Gasteiger partial charge in [0.15, 0.2) is 9.84 Å². The van der Waals surface area contributed by atoms with Gasteiger partial charge in [0.2, 0.25) is 11.8 Å². The van der Waals surface area contributed by atoms with Crippen molar-refractivity contribution in [3.05, 3.63) is 11.8 Å². The summed E-state index contributed by atoms with van der Waals surface area (Å²) in [5, 5.41) is 10.9. The second-order valence-corrected chi connectivity index (χ2v) is 6.16. The minimum Gasteiger partial charge on any atom is -0.422 e. The van der Waals surface area contributed by atoms with Crippen LogP contribution in [0.15, 0.2) is 4.42 Å². The lowest BCUT2D eigenvalue weighted by Crippen LogP contribution is -2.21. The Morgan fingerprint density at radius 2 is 2.06 bits per heavy atom. The summed E-state index contributed by atoms with van der Waals surface area (Å²) in [6, 6.07) is -0.00393. The quantitative estimate of drug-likeness (QED) is 0.790. The lowest BCUT2D eigenvalue weighted by Gasteiger charge is -2.11. The van der Waals surface area contributed by atoms with Crippen molar-refractivity contribution in [2.24, 2.45) is 0 Å². The number of sulfone groups is 1. The molecular weight excluding hydrogens is 242 g/mol. The van der Waals surface area contributed by atoms with Gasteiger partial charge in [-0.1, -0.05) is 13.8 Å². The molecule has 0 aliphatic heterocycles. The zero-order valence-corrected chi connectivity index (χ0v) is 11.2. The SMILES string of the molecule is CCCNC(CC)c1nnc(CS(C)(=O)=O)o1. The highest BCUT2D eigenvalue weighted by Gasteiger charge is 2.18. The monoisotopic (exact) mass is 261 g/mol. The van der Waals surface area contributed by atoms with E-state index in [4.69, 9.17) is 4.42 Å². The number of hydrogen-bond donors (Lipinski definition) is 1. The molecule has 0 spiro atoms. The molecule has 1 unspecified atom stereocenters. The Bertz CT molecular complexity index is 441. The lowest BCUT2D eigenvalue weighted by atomic mass is 10.2. The first-order chi connectivity index (χ1) is 7.96. The van der Waals surface area contributed by atoms with Crippen molar-refractivity contribution in [2.75, 3.05) is 12.8 Å². The van der Waals surface area contributed by atoms with Gasteiger partial charge in [0, 0.05) is 6.26 Å². The third-order valence-corrected chi connectivity index (χ3v) is 2.99. The largest absolute Gasteiger partial charge is 0.422 e. The molecule has 0 saturated carbocycles. The van der Waals surface area contributed by atoms with Crippen LogP contribution in [0.2, 0.25) is 0 Å². The zero-order valence-electron chi connectivity index (χ0n) is 10.4. The van der Waals surface area contributed by atoms with Gasteiger partial charge in [0.25, 0.3) is 0 Å². The minimum atomic E-state index is -3.13. The van der Waals surface area contributed by atoms with E-state index in [1.807, 2.05) is 6.92 Å². The number of rotatable bonds is 7. The van der Waals surface area contributed by atoms with Crippen LogP contribution < -0.4 is 5.32 Å². The highest BCUT2D eigenvalue weighted by atomic mass is 32.2. The molecule has 17 heavy (non-hydrogen) atoms. The van der Waals surface area contributed by atoms with Crippen LogP contribution in [0, 0.1) is 0 Å². The predicted molar refractivity (Wildman–Crippen MR) is 64.2 cm³/mol. The fourth-order valence-electron chi connectivity index (χ4n) is 1.41. The van der Waals surface area contributed by atoms with Crippen LogP contribution in [-0.4, -0.2) is 31.4 Å². The van der Waals surface area contributed by atoms with Crippen LogP contribution in [0.3, 0.4) is 0 Å². The second kappa shape index (κ2) is 6.11. The van der Waals surface area contributed by atoms with Crippen molar-refractivity contribution in [1.82, 2.24) is 15.5 Å². The first kappa shape index (κ1) is 14.1. The van der Waals surface area contributed by atoms with Gasteiger partial charge in [-0.2, -0.15) is 0 Å². The van der Waals surface area contributed by atoms with Crippen molar-refractivity contribution >= 4 is 9.84 Å². The van der Waals surface area contributed by atoms with Gasteiger partial charge in [0.1, 0.15) is 5.75 Å². The molecule has 0 aromatic carbocycles. The first-order valence-electron chi connectivity index (χ1n) is 5.69. The summed E-state index contributed by atoms with van der Waals surface area (Å²) in [6.07, 6.45) is 2.98. The molecule has 0 aliphatic rings. The summed E-state index contributed by atoms with van der Waals surface area (Å²) < 4.78 is 27.5. The van der Waals surface area contributed by atoms with Gasteiger partial charge in [-0.25, -0.2) is 8.42 Å². The number of aromatic nitrogens is 2. The third-order valence-electron chi connectivity index (χ3n) is 2.22. The Labute approximate surface area is 102 Å². The molecule has 98 valence electrons. The molecule has 1 atom stereocenters.